The molecule has 130 valence electrons. The number of azide groups is 1. The van der Waals surface area contributed by atoms with Gasteiger partial charge in [0, 0.05) is 25.7 Å². The van der Waals surface area contributed by atoms with Crippen LogP contribution in [-0.2, 0) is 33.3 Å². The zero-order valence-corrected chi connectivity index (χ0v) is 13.4. The number of hydrogen-bond acceptors (Lipinski definition) is 8. The van der Waals surface area contributed by atoms with Gasteiger partial charge in [0.15, 0.2) is 0 Å². The summed E-state index contributed by atoms with van der Waals surface area (Å²) in [6.45, 7) is 3.23. The number of rotatable bonds is 5. The third-order valence-electron chi connectivity index (χ3n) is 3.09. The van der Waals surface area contributed by atoms with E-state index in [2.05, 4.69) is 15.9 Å². The van der Waals surface area contributed by atoms with Crippen molar-refractivity contribution in [2.45, 2.75) is 45.3 Å². The molecule has 0 aromatic heterocycles. The smallest absolute Gasteiger partial charge is 0.304 e. The van der Waals surface area contributed by atoms with Gasteiger partial charge in [0.2, 0.25) is 6.29 Å². The Balaban J connectivity index is 3.18. The highest BCUT2D eigenvalue weighted by Crippen LogP contribution is 2.31. The molecule has 1 fully saturated rings. The Bertz CT molecular complexity index is 594. The summed E-state index contributed by atoms with van der Waals surface area (Å²) >= 11 is 0. The minimum Gasteiger partial charge on any atom is -0.463 e. The van der Waals surface area contributed by atoms with Crippen molar-refractivity contribution < 1.29 is 33.3 Å². The highest BCUT2D eigenvalue weighted by Gasteiger charge is 2.48. The van der Waals surface area contributed by atoms with Gasteiger partial charge < -0.3 is 18.9 Å². The van der Waals surface area contributed by atoms with Gasteiger partial charge in [-0.25, -0.2) is 0 Å². The van der Waals surface area contributed by atoms with E-state index in [9.17, 15) is 14.4 Å². The number of carbonyl (C=O) groups excluding carboxylic acids is 3. The summed E-state index contributed by atoms with van der Waals surface area (Å²) < 4.78 is 20.5. The Morgan fingerprint density at radius 2 is 1.83 bits per heavy atom. The average molecular weight is 339 g/mol. The van der Waals surface area contributed by atoms with Gasteiger partial charge in [0.1, 0.15) is 24.9 Å². The van der Waals surface area contributed by atoms with Crippen LogP contribution in [0.15, 0.2) is 5.11 Å². The molecule has 1 rings (SSSR count). The van der Waals surface area contributed by atoms with Crippen molar-refractivity contribution >= 4 is 17.9 Å². The molecule has 0 aromatic carbocycles. The third-order valence-corrected chi connectivity index (χ3v) is 3.09. The van der Waals surface area contributed by atoms with Crippen molar-refractivity contribution in [2.75, 3.05) is 6.61 Å². The van der Waals surface area contributed by atoms with Crippen LogP contribution in [0, 0.1) is 18.3 Å². The molecule has 10 nitrogen and oxygen atoms in total. The maximum atomic E-state index is 11.4. The van der Waals surface area contributed by atoms with Crippen LogP contribution >= 0.6 is 0 Å². The van der Waals surface area contributed by atoms with Crippen molar-refractivity contribution in [2.24, 2.45) is 11.0 Å². The molecule has 1 heterocycles. The van der Waals surface area contributed by atoms with Crippen molar-refractivity contribution in [1.29, 1.82) is 0 Å². The van der Waals surface area contributed by atoms with Crippen molar-refractivity contribution in [3.8, 4) is 12.3 Å². The zero-order chi connectivity index (χ0) is 18.3. The summed E-state index contributed by atoms with van der Waals surface area (Å²) in [6.07, 6.45) is 2.10. The fourth-order valence-corrected chi connectivity index (χ4v) is 2.24. The molecule has 0 amide bonds. The molecule has 1 aliphatic heterocycles. The zero-order valence-electron chi connectivity index (χ0n) is 13.4. The second kappa shape index (κ2) is 8.76. The lowest BCUT2D eigenvalue weighted by atomic mass is 9.88. The quantitative estimate of drug-likeness (QED) is 0.179. The van der Waals surface area contributed by atoms with Crippen LogP contribution in [0.4, 0.5) is 0 Å². The average Bonchev–Trinajstić information content (AvgIpc) is 2.47. The Kier molecular flexibility index (Phi) is 7.04. The fourth-order valence-electron chi connectivity index (χ4n) is 2.24. The molecule has 10 heteroatoms. The molecular formula is C14H17N3O7. The van der Waals surface area contributed by atoms with Gasteiger partial charge in [-0.05, 0) is 5.53 Å². The molecule has 0 aliphatic carbocycles. The first kappa shape index (κ1) is 19.3. The number of hydrogen-bond donors (Lipinski definition) is 0. The number of ether oxygens (including phenoxy) is 4. The lowest BCUT2D eigenvalue weighted by Crippen LogP contribution is -2.57. The minimum absolute atomic E-state index is 0.247. The summed E-state index contributed by atoms with van der Waals surface area (Å²) in [6, 6.07) is -1.18. The Hall–Kier alpha value is -2.76. The van der Waals surface area contributed by atoms with Crippen LogP contribution in [0.25, 0.3) is 10.4 Å². The lowest BCUT2D eigenvalue weighted by molar-refractivity contribution is -0.243. The first-order valence-corrected chi connectivity index (χ1v) is 6.93. The van der Waals surface area contributed by atoms with Crippen LogP contribution in [0.1, 0.15) is 20.8 Å². The number of esters is 3. The predicted octanol–water partition coefficient (Wildman–Crippen LogP) is 0.698. The van der Waals surface area contributed by atoms with Crippen molar-refractivity contribution in [1.82, 2.24) is 0 Å². The summed E-state index contributed by atoms with van der Waals surface area (Å²) in [4.78, 5) is 36.3. The van der Waals surface area contributed by atoms with Gasteiger partial charge in [-0.2, -0.15) is 0 Å². The van der Waals surface area contributed by atoms with E-state index in [0.29, 0.717) is 0 Å². The minimum atomic E-state index is -1.34. The van der Waals surface area contributed by atoms with Gasteiger partial charge >= 0.3 is 17.9 Å². The monoisotopic (exact) mass is 339 g/mol. The van der Waals surface area contributed by atoms with Crippen LogP contribution in [0.3, 0.4) is 0 Å². The van der Waals surface area contributed by atoms with Crippen molar-refractivity contribution in [3.05, 3.63) is 10.4 Å². The first-order chi connectivity index (χ1) is 11.3. The predicted molar refractivity (Wildman–Crippen MR) is 77.9 cm³/mol. The van der Waals surface area contributed by atoms with E-state index in [1.165, 1.54) is 6.92 Å². The molecular weight excluding hydrogens is 322 g/mol. The van der Waals surface area contributed by atoms with Crippen LogP contribution in [0.5, 0.6) is 0 Å². The topological polar surface area (TPSA) is 137 Å². The Labute approximate surface area is 138 Å². The largest absolute Gasteiger partial charge is 0.463 e. The number of nitrogens with zero attached hydrogens (tertiary/aromatic N) is 3. The van der Waals surface area contributed by atoms with Gasteiger partial charge in [-0.3, -0.25) is 14.4 Å². The molecule has 0 N–H and O–H groups in total. The Morgan fingerprint density at radius 3 is 2.29 bits per heavy atom. The van der Waals surface area contributed by atoms with Gasteiger partial charge in [0.25, 0.3) is 0 Å². The molecule has 1 saturated heterocycles. The molecule has 0 spiro atoms. The second-order valence-electron chi connectivity index (χ2n) is 4.92. The summed E-state index contributed by atoms with van der Waals surface area (Å²) in [5, 5.41) is 3.48. The summed E-state index contributed by atoms with van der Waals surface area (Å²) in [7, 11) is 0. The van der Waals surface area contributed by atoms with E-state index in [1.807, 2.05) is 0 Å². The lowest BCUT2D eigenvalue weighted by Gasteiger charge is -2.41. The summed E-state index contributed by atoms with van der Waals surface area (Å²) in [5.41, 5.74) is 8.72. The standard InChI is InChI=1S/C14H17N3O7/c1-5-10-11(6-21-7(2)18)24-14(23-9(4)20)12(16-17-15)13(10)22-8(3)19/h1,10-14H,6H2,2-4H3/t10-,11-,12-,13+,14+/m1/s1. The fraction of sp³-hybridized carbons (Fsp3) is 0.643. The number of terminal acetylenes is 1. The highest BCUT2D eigenvalue weighted by atomic mass is 16.7. The van der Waals surface area contributed by atoms with E-state index in [4.69, 9.17) is 30.9 Å². The van der Waals surface area contributed by atoms with E-state index in [-0.39, 0.29) is 6.61 Å². The van der Waals surface area contributed by atoms with Crippen molar-refractivity contribution in [3.63, 3.8) is 0 Å². The number of carbonyl (C=O) groups is 3. The third kappa shape index (κ3) is 5.15. The van der Waals surface area contributed by atoms with Crippen LogP contribution in [0.2, 0.25) is 0 Å². The van der Waals surface area contributed by atoms with E-state index >= 15 is 0 Å². The van der Waals surface area contributed by atoms with Crippen LogP contribution < -0.4 is 0 Å². The normalized spacial score (nSPS) is 28.7. The molecule has 24 heavy (non-hydrogen) atoms. The van der Waals surface area contributed by atoms with E-state index < -0.39 is 48.4 Å². The van der Waals surface area contributed by atoms with E-state index in [0.717, 1.165) is 13.8 Å². The van der Waals surface area contributed by atoms with Gasteiger partial charge in [0.05, 0.1) is 5.92 Å². The van der Waals surface area contributed by atoms with Gasteiger partial charge in [-0.15, -0.1) is 6.42 Å². The first-order valence-electron chi connectivity index (χ1n) is 6.93. The van der Waals surface area contributed by atoms with E-state index in [1.54, 1.807) is 0 Å². The van der Waals surface area contributed by atoms with Crippen LogP contribution in [-0.4, -0.2) is 49.1 Å². The molecule has 5 atom stereocenters. The molecule has 1 aliphatic rings. The second-order valence-corrected chi connectivity index (χ2v) is 4.92. The molecule has 0 bridgehead atoms. The maximum absolute atomic E-state index is 11.4. The molecule has 0 saturated carbocycles. The SMILES string of the molecule is C#C[C@H]1[C@H](OC(C)=O)[C@@H](N=[N+]=[N-])[C@@H](OC(C)=O)O[C@@H]1COC(C)=O. The van der Waals surface area contributed by atoms with Gasteiger partial charge in [-0.1, -0.05) is 11.0 Å². The Morgan fingerprint density at radius 1 is 1.21 bits per heavy atom. The molecule has 0 aromatic rings. The summed E-state index contributed by atoms with van der Waals surface area (Å²) in [5.74, 6) is -0.447. The molecule has 0 radical (unpaired) electrons. The highest BCUT2D eigenvalue weighted by molar-refractivity contribution is 5.67. The maximum Gasteiger partial charge on any atom is 0.304 e. The molecule has 0 unspecified atom stereocenters.